The van der Waals surface area contributed by atoms with Gasteiger partial charge in [0, 0.05) is 22.5 Å². The Labute approximate surface area is 201 Å². The van der Waals surface area contributed by atoms with Gasteiger partial charge in [-0.2, -0.15) is 0 Å². The Morgan fingerprint density at radius 2 is 1.91 bits per heavy atom. The minimum atomic E-state index is -0.119. The van der Waals surface area contributed by atoms with Gasteiger partial charge in [-0.05, 0) is 49.4 Å². The maximum absolute atomic E-state index is 11.9. The molecular formula is C26H27N3O4S. The molecule has 2 aromatic carbocycles. The Kier molecular flexibility index (Phi) is 6.24. The van der Waals surface area contributed by atoms with Crippen LogP contribution in [0.5, 0.6) is 11.5 Å². The zero-order valence-corrected chi connectivity index (χ0v) is 20.0. The Bertz CT molecular complexity index is 1340. The quantitative estimate of drug-likeness (QED) is 0.348. The second-order valence-electron chi connectivity index (χ2n) is 8.64. The number of thiophene rings is 1. The summed E-state index contributed by atoms with van der Waals surface area (Å²) in [6.07, 6.45) is 3.32. The van der Waals surface area contributed by atoms with E-state index >= 15 is 0 Å². The Balaban J connectivity index is 1.48. The van der Waals surface area contributed by atoms with Crippen LogP contribution in [0.15, 0.2) is 42.5 Å². The Hall–Kier alpha value is -3.39. The van der Waals surface area contributed by atoms with Crippen molar-refractivity contribution >= 4 is 43.4 Å². The van der Waals surface area contributed by atoms with Crippen LogP contribution in [0.1, 0.15) is 43.0 Å². The van der Waals surface area contributed by atoms with Crippen molar-refractivity contribution in [3.05, 3.63) is 53.9 Å². The van der Waals surface area contributed by atoms with Crippen molar-refractivity contribution < 1.29 is 19.4 Å². The molecule has 8 heteroatoms. The molecule has 5 rings (SSSR count). The summed E-state index contributed by atoms with van der Waals surface area (Å²) in [5.74, 6) is 2.25. The highest BCUT2D eigenvalue weighted by Gasteiger charge is 2.30. The van der Waals surface area contributed by atoms with Crippen LogP contribution >= 0.6 is 11.3 Å². The molecule has 1 aliphatic rings. The van der Waals surface area contributed by atoms with Crippen LogP contribution in [0.25, 0.3) is 20.3 Å². The fourth-order valence-electron chi connectivity index (χ4n) is 4.72. The maximum Gasteiger partial charge on any atom is 0.308 e. The summed E-state index contributed by atoms with van der Waals surface area (Å²) in [4.78, 5) is 22.9. The number of methoxy groups -OCH3 is 2. The summed E-state index contributed by atoms with van der Waals surface area (Å²) in [6, 6.07) is 13.6. The lowest BCUT2D eigenvalue weighted by molar-refractivity contribution is -0.146. The molecule has 0 saturated heterocycles. The number of phenols is 1. The number of nitrogens with zero attached hydrogens (tertiary/aromatic N) is 2. The second-order valence-corrected chi connectivity index (χ2v) is 9.67. The van der Waals surface area contributed by atoms with Crippen LogP contribution in [0.2, 0.25) is 0 Å². The standard InChI is InChI=1S/C26H27N3O4S/c1-32-20-13-15(7-12-19(20)30)14-27-24-22-18-5-3-4-6-21(18)34-25(22)29-23(28-24)16-8-10-17(11-9-16)26(31)33-2/h3-7,12-13,16-17,30H,8-11,14H2,1-2H3,(H,27,28,29). The third-order valence-corrected chi connectivity index (χ3v) is 7.65. The van der Waals surface area contributed by atoms with E-state index in [9.17, 15) is 9.90 Å². The third-order valence-electron chi connectivity index (χ3n) is 6.59. The van der Waals surface area contributed by atoms with E-state index < -0.39 is 0 Å². The molecule has 1 fully saturated rings. The number of esters is 1. The van der Waals surface area contributed by atoms with Gasteiger partial charge in [-0.1, -0.05) is 24.3 Å². The first kappa shape index (κ1) is 22.4. The molecule has 176 valence electrons. The summed E-state index contributed by atoms with van der Waals surface area (Å²) < 4.78 is 11.4. The van der Waals surface area contributed by atoms with E-state index in [2.05, 4.69) is 17.4 Å². The number of hydrogen-bond donors (Lipinski definition) is 2. The predicted molar refractivity (Wildman–Crippen MR) is 134 cm³/mol. The van der Waals surface area contributed by atoms with E-state index in [1.54, 1.807) is 24.5 Å². The molecule has 0 aliphatic heterocycles. The minimum Gasteiger partial charge on any atom is -0.504 e. The van der Waals surface area contributed by atoms with Crippen LogP contribution < -0.4 is 10.1 Å². The van der Waals surface area contributed by atoms with Crippen LogP contribution in [0.4, 0.5) is 5.82 Å². The number of hydrogen-bond acceptors (Lipinski definition) is 8. The number of phenolic OH excluding ortho intramolecular Hbond substituents is 1. The molecule has 1 saturated carbocycles. The molecule has 7 nitrogen and oxygen atoms in total. The monoisotopic (exact) mass is 477 g/mol. The number of rotatable bonds is 6. The molecule has 1 aliphatic carbocycles. The first-order valence-electron chi connectivity index (χ1n) is 11.4. The second kappa shape index (κ2) is 9.46. The van der Waals surface area contributed by atoms with Crippen molar-refractivity contribution in [2.75, 3.05) is 19.5 Å². The average Bonchev–Trinajstić information content (AvgIpc) is 3.26. The van der Waals surface area contributed by atoms with Crippen molar-refractivity contribution in [3.8, 4) is 11.5 Å². The van der Waals surface area contributed by atoms with Crippen LogP contribution in [0, 0.1) is 5.92 Å². The van der Waals surface area contributed by atoms with Gasteiger partial charge in [0.1, 0.15) is 16.5 Å². The number of carbonyl (C=O) groups excluding carboxylic acids is 1. The number of nitrogens with one attached hydrogen (secondary N) is 1. The van der Waals surface area contributed by atoms with E-state index in [0.717, 1.165) is 58.5 Å². The molecule has 0 atom stereocenters. The molecule has 0 unspecified atom stereocenters. The zero-order valence-electron chi connectivity index (χ0n) is 19.2. The van der Waals surface area contributed by atoms with E-state index in [1.165, 1.54) is 11.8 Å². The van der Waals surface area contributed by atoms with Crippen LogP contribution in [0.3, 0.4) is 0 Å². The number of aromatic nitrogens is 2. The number of fused-ring (bicyclic) bond motifs is 3. The number of aromatic hydroxyl groups is 1. The molecule has 0 radical (unpaired) electrons. The SMILES string of the molecule is COC(=O)C1CCC(c2nc(NCc3ccc(O)c(OC)c3)c3c(n2)sc2ccccc23)CC1. The van der Waals surface area contributed by atoms with Gasteiger partial charge in [0.05, 0.1) is 25.5 Å². The highest BCUT2D eigenvalue weighted by atomic mass is 32.1. The highest BCUT2D eigenvalue weighted by molar-refractivity contribution is 7.25. The van der Waals surface area contributed by atoms with Gasteiger partial charge in [0.25, 0.3) is 0 Å². The summed E-state index contributed by atoms with van der Waals surface area (Å²) in [6.45, 7) is 0.529. The summed E-state index contributed by atoms with van der Waals surface area (Å²) in [5.41, 5.74) is 0.973. The zero-order chi connectivity index (χ0) is 23.7. The van der Waals surface area contributed by atoms with Crippen molar-refractivity contribution in [1.29, 1.82) is 0 Å². The number of anilines is 1. The van der Waals surface area contributed by atoms with Crippen LogP contribution in [-0.2, 0) is 16.1 Å². The molecule has 2 N–H and O–H groups in total. The van der Waals surface area contributed by atoms with Gasteiger partial charge in [-0.25, -0.2) is 9.97 Å². The van der Waals surface area contributed by atoms with E-state index in [0.29, 0.717) is 12.3 Å². The van der Waals surface area contributed by atoms with Gasteiger partial charge in [0.15, 0.2) is 11.5 Å². The molecule has 0 spiro atoms. The van der Waals surface area contributed by atoms with Crippen LogP contribution in [-0.4, -0.2) is 35.3 Å². The van der Waals surface area contributed by atoms with Gasteiger partial charge in [0.2, 0.25) is 0 Å². The fraction of sp³-hybridized carbons (Fsp3) is 0.346. The average molecular weight is 478 g/mol. The first-order valence-corrected chi connectivity index (χ1v) is 12.3. The maximum atomic E-state index is 11.9. The number of carbonyl (C=O) groups is 1. The minimum absolute atomic E-state index is 0.0311. The Morgan fingerprint density at radius 3 is 2.68 bits per heavy atom. The summed E-state index contributed by atoms with van der Waals surface area (Å²) >= 11 is 1.67. The van der Waals surface area contributed by atoms with E-state index in [4.69, 9.17) is 19.4 Å². The smallest absolute Gasteiger partial charge is 0.308 e. The number of benzene rings is 2. The lowest BCUT2D eigenvalue weighted by atomic mass is 9.81. The Morgan fingerprint density at radius 1 is 1.12 bits per heavy atom. The van der Waals surface area contributed by atoms with Gasteiger partial charge >= 0.3 is 5.97 Å². The molecular weight excluding hydrogens is 450 g/mol. The number of ether oxygens (including phenoxy) is 2. The van der Waals surface area contributed by atoms with Gasteiger partial charge < -0.3 is 19.9 Å². The van der Waals surface area contributed by atoms with Crippen molar-refractivity contribution in [3.63, 3.8) is 0 Å². The van der Waals surface area contributed by atoms with Crippen molar-refractivity contribution in [2.24, 2.45) is 5.92 Å². The topological polar surface area (TPSA) is 93.6 Å². The molecule has 4 aromatic rings. The molecule has 2 heterocycles. The summed E-state index contributed by atoms with van der Waals surface area (Å²) in [5, 5.41) is 15.6. The third kappa shape index (κ3) is 4.25. The molecule has 2 aromatic heterocycles. The van der Waals surface area contributed by atoms with Gasteiger partial charge in [-0.15, -0.1) is 11.3 Å². The van der Waals surface area contributed by atoms with Crippen molar-refractivity contribution in [1.82, 2.24) is 9.97 Å². The summed E-state index contributed by atoms with van der Waals surface area (Å²) in [7, 11) is 2.99. The first-order chi connectivity index (χ1) is 16.6. The normalized spacial score (nSPS) is 18.2. The largest absolute Gasteiger partial charge is 0.504 e. The van der Waals surface area contributed by atoms with Gasteiger partial charge in [-0.3, -0.25) is 4.79 Å². The van der Waals surface area contributed by atoms with Crippen molar-refractivity contribution in [2.45, 2.75) is 38.1 Å². The predicted octanol–water partition coefficient (Wildman–Crippen LogP) is 5.62. The molecule has 0 amide bonds. The molecule has 34 heavy (non-hydrogen) atoms. The highest BCUT2D eigenvalue weighted by Crippen LogP contribution is 2.40. The lowest BCUT2D eigenvalue weighted by Crippen LogP contribution is -2.23. The lowest BCUT2D eigenvalue weighted by Gasteiger charge is -2.26. The fourth-order valence-corrected chi connectivity index (χ4v) is 5.80. The molecule has 0 bridgehead atoms. The van der Waals surface area contributed by atoms with E-state index in [1.807, 2.05) is 24.3 Å². The van der Waals surface area contributed by atoms with E-state index in [-0.39, 0.29) is 23.6 Å².